The molecule has 1 nitrogen and oxygen atoms in total. The van der Waals surface area contributed by atoms with Gasteiger partial charge in [-0.25, -0.2) is 0 Å². The van der Waals surface area contributed by atoms with Crippen LogP contribution in [0.25, 0.3) is 0 Å². The maximum Gasteiger partial charge on any atom is 0.0119 e. The van der Waals surface area contributed by atoms with Crippen LogP contribution in [-0.4, -0.2) is 19.0 Å². The van der Waals surface area contributed by atoms with E-state index in [0.29, 0.717) is 0 Å². The Labute approximate surface area is 88.1 Å². The van der Waals surface area contributed by atoms with Crippen LogP contribution in [0.2, 0.25) is 0 Å². The highest BCUT2D eigenvalue weighted by Gasteiger charge is 1.97. The Kier molecular flexibility index (Phi) is 6.55. The second-order valence-electron chi connectivity index (χ2n) is 3.12. The largest absolute Gasteiger partial charge is 0.381 e. The molecule has 0 amide bonds. The monoisotopic (exact) mass is 191 g/mol. The van der Waals surface area contributed by atoms with Crippen LogP contribution < -0.4 is 0 Å². The van der Waals surface area contributed by atoms with E-state index >= 15 is 0 Å². The molecule has 1 rings (SSSR count). The van der Waals surface area contributed by atoms with Gasteiger partial charge in [0.2, 0.25) is 0 Å². The number of likely N-dealkylation sites (N-methyl/N-ethyl adjacent to an activating group) is 1. The van der Waals surface area contributed by atoms with Gasteiger partial charge in [-0.3, -0.25) is 0 Å². The second kappa shape index (κ2) is 7.19. The molecule has 0 aliphatic carbocycles. The Balaban J connectivity index is 0.000000791. The molecule has 0 heterocycles. The lowest BCUT2D eigenvalue weighted by Crippen LogP contribution is -2.11. The van der Waals surface area contributed by atoms with Crippen LogP contribution in [0.1, 0.15) is 19.4 Å². The number of nitrogens with zero attached hydrogens (tertiary/aromatic N) is 1. The Hall–Kier alpha value is -1.24. The first-order valence-electron chi connectivity index (χ1n) is 5.09. The Morgan fingerprint density at radius 2 is 1.64 bits per heavy atom. The van der Waals surface area contributed by atoms with Gasteiger partial charge in [-0.05, 0) is 5.56 Å². The van der Waals surface area contributed by atoms with E-state index in [0.717, 1.165) is 12.1 Å². The van der Waals surface area contributed by atoms with Crippen molar-refractivity contribution in [2.75, 3.05) is 14.1 Å². The van der Waals surface area contributed by atoms with Crippen LogP contribution in [0, 0.1) is 0 Å². The van der Waals surface area contributed by atoms with Gasteiger partial charge < -0.3 is 4.90 Å². The first kappa shape index (κ1) is 12.8. The Morgan fingerprint density at radius 1 is 1.14 bits per heavy atom. The number of hydrogen-bond acceptors (Lipinski definition) is 1. The summed E-state index contributed by atoms with van der Waals surface area (Å²) in [5, 5.41) is 0. The van der Waals surface area contributed by atoms with Crippen LogP contribution in [-0.2, 0) is 6.42 Å². The van der Waals surface area contributed by atoms with Crippen molar-refractivity contribution in [2.45, 2.75) is 20.3 Å². The average molecular weight is 191 g/mol. The van der Waals surface area contributed by atoms with Crippen LogP contribution in [0.15, 0.2) is 42.6 Å². The second-order valence-corrected chi connectivity index (χ2v) is 3.12. The highest BCUT2D eigenvalue weighted by Crippen LogP contribution is 2.06. The van der Waals surface area contributed by atoms with E-state index in [1.807, 2.05) is 38.9 Å². The number of hydrogen-bond donors (Lipinski definition) is 0. The molecule has 0 spiro atoms. The molecule has 1 aromatic carbocycles. The molecule has 78 valence electrons. The molecule has 0 saturated heterocycles. The van der Waals surface area contributed by atoms with Crippen molar-refractivity contribution in [3.8, 4) is 0 Å². The van der Waals surface area contributed by atoms with Crippen molar-refractivity contribution in [3.05, 3.63) is 48.2 Å². The lowest BCUT2D eigenvalue weighted by Gasteiger charge is -2.15. The molecule has 0 aliphatic heterocycles. The van der Waals surface area contributed by atoms with Gasteiger partial charge in [0.05, 0.1) is 0 Å². The first-order chi connectivity index (χ1) is 6.70. The van der Waals surface area contributed by atoms with Gasteiger partial charge >= 0.3 is 0 Å². The predicted molar refractivity (Wildman–Crippen MR) is 64.3 cm³/mol. The normalized spacial score (nSPS) is 8.57. The molecule has 14 heavy (non-hydrogen) atoms. The SMILES string of the molecule is C=C(Cc1ccccc1)N(C)C.CC. The minimum absolute atomic E-state index is 0.938. The molecule has 0 radical (unpaired) electrons. The lowest BCUT2D eigenvalue weighted by molar-refractivity contribution is 0.501. The summed E-state index contributed by atoms with van der Waals surface area (Å²) >= 11 is 0. The minimum atomic E-state index is 0.938. The fraction of sp³-hybridized carbons (Fsp3) is 0.385. The first-order valence-corrected chi connectivity index (χ1v) is 5.09. The van der Waals surface area contributed by atoms with Gasteiger partial charge in [0.1, 0.15) is 0 Å². The van der Waals surface area contributed by atoms with Gasteiger partial charge in [-0.2, -0.15) is 0 Å². The van der Waals surface area contributed by atoms with Gasteiger partial charge in [-0.1, -0.05) is 50.8 Å². The molecule has 1 heteroatoms. The Bertz CT molecular complexity index is 249. The lowest BCUT2D eigenvalue weighted by atomic mass is 10.1. The molecule has 1 aromatic rings. The van der Waals surface area contributed by atoms with Crippen molar-refractivity contribution >= 4 is 0 Å². The molecule has 0 saturated carbocycles. The summed E-state index contributed by atoms with van der Waals surface area (Å²) in [6.45, 7) is 7.98. The van der Waals surface area contributed by atoms with E-state index < -0.39 is 0 Å². The average Bonchev–Trinajstić information content (AvgIpc) is 2.22. The smallest absolute Gasteiger partial charge is 0.0119 e. The minimum Gasteiger partial charge on any atom is -0.381 e. The third-order valence-electron chi connectivity index (χ3n) is 1.88. The third-order valence-corrected chi connectivity index (χ3v) is 1.88. The zero-order chi connectivity index (χ0) is 11.0. The van der Waals surface area contributed by atoms with Gasteiger partial charge in [0.15, 0.2) is 0 Å². The van der Waals surface area contributed by atoms with Gasteiger partial charge in [0, 0.05) is 26.2 Å². The summed E-state index contributed by atoms with van der Waals surface area (Å²) < 4.78 is 0. The predicted octanol–water partition coefficient (Wildman–Crippen LogP) is 3.33. The van der Waals surface area contributed by atoms with Gasteiger partial charge in [-0.15, -0.1) is 0 Å². The third kappa shape index (κ3) is 4.70. The fourth-order valence-electron chi connectivity index (χ4n) is 0.990. The standard InChI is InChI=1S/C11H15N.C2H6/c1-10(12(2)3)9-11-7-5-4-6-8-11;1-2/h4-8H,1,9H2,2-3H3;1-2H3. The zero-order valence-electron chi connectivity index (χ0n) is 9.75. The molecule has 0 fully saturated rings. The summed E-state index contributed by atoms with van der Waals surface area (Å²) in [5.41, 5.74) is 2.46. The van der Waals surface area contributed by atoms with Crippen molar-refractivity contribution in [1.82, 2.24) is 4.90 Å². The summed E-state index contributed by atoms with van der Waals surface area (Å²) in [6.07, 6.45) is 0.938. The highest BCUT2D eigenvalue weighted by atomic mass is 15.1. The number of allylic oxidation sites excluding steroid dienone is 1. The molecule has 0 unspecified atom stereocenters. The molecular weight excluding hydrogens is 170 g/mol. The van der Waals surface area contributed by atoms with Gasteiger partial charge in [0.25, 0.3) is 0 Å². The maximum absolute atomic E-state index is 3.98. The molecular formula is C13H21N. The molecule has 0 bridgehead atoms. The molecule has 0 atom stereocenters. The topological polar surface area (TPSA) is 3.24 Å². The summed E-state index contributed by atoms with van der Waals surface area (Å²) in [5.74, 6) is 0. The molecule has 0 aromatic heterocycles. The van der Waals surface area contributed by atoms with Crippen LogP contribution >= 0.6 is 0 Å². The number of rotatable bonds is 3. The van der Waals surface area contributed by atoms with Crippen LogP contribution in [0.5, 0.6) is 0 Å². The summed E-state index contributed by atoms with van der Waals surface area (Å²) in [7, 11) is 4.04. The summed E-state index contributed by atoms with van der Waals surface area (Å²) in [6, 6.07) is 10.4. The number of benzene rings is 1. The fourth-order valence-corrected chi connectivity index (χ4v) is 0.990. The van der Waals surface area contributed by atoms with E-state index in [1.165, 1.54) is 5.56 Å². The van der Waals surface area contributed by atoms with Crippen LogP contribution in [0.4, 0.5) is 0 Å². The van der Waals surface area contributed by atoms with E-state index in [4.69, 9.17) is 0 Å². The van der Waals surface area contributed by atoms with E-state index in [-0.39, 0.29) is 0 Å². The van der Waals surface area contributed by atoms with Crippen molar-refractivity contribution < 1.29 is 0 Å². The van der Waals surface area contributed by atoms with E-state index in [2.05, 4.69) is 30.8 Å². The Morgan fingerprint density at radius 3 is 2.07 bits per heavy atom. The highest BCUT2D eigenvalue weighted by molar-refractivity contribution is 5.19. The molecule has 0 aliphatic rings. The van der Waals surface area contributed by atoms with E-state index in [1.54, 1.807) is 0 Å². The summed E-state index contributed by atoms with van der Waals surface area (Å²) in [4.78, 5) is 2.05. The van der Waals surface area contributed by atoms with Crippen molar-refractivity contribution in [3.63, 3.8) is 0 Å². The quantitative estimate of drug-likeness (QED) is 0.708. The van der Waals surface area contributed by atoms with Crippen LogP contribution in [0.3, 0.4) is 0 Å². The van der Waals surface area contributed by atoms with E-state index in [9.17, 15) is 0 Å². The van der Waals surface area contributed by atoms with Crippen molar-refractivity contribution in [2.24, 2.45) is 0 Å². The zero-order valence-corrected chi connectivity index (χ0v) is 9.75. The van der Waals surface area contributed by atoms with Crippen molar-refractivity contribution in [1.29, 1.82) is 0 Å². The molecule has 0 N–H and O–H groups in total. The maximum atomic E-state index is 3.98.